The van der Waals surface area contributed by atoms with E-state index in [9.17, 15) is 0 Å². The van der Waals surface area contributed by atoms with E-state index in [0.29, 0.717) is 32.5 Å². The van der Waals surface area contributed by atoms with Crippen LogP contribution < -0.4 is 0 Å². The zero-order chi connectivity index (χ0) is 21.0. The minimum Gasteiger partial charge on any atom is -0.464 e. The van der Waals surface area contributed by atoms with Crippen molar-refractivity contribution in [2.45, 2.75) is 44.1 Å². The van der Waals surface area contributed by atoms with Gasteiger partial charge in [0.15, 0.2) is 12.1 Å². The molecule has 1 aromatic heterocycles. The molecule has 0 saturated carbocycles. The molecule has 2 unspecified atom stereocenters. The van der Waals surface area contributed by atoms with E-state index >= 15 is 0 Å². The third kappa shape index (κ3) is 6.53. The van der Waals surface area contributed by atoms with Crippen LogP contribution in [-0.4, -0.2) is 44.4 Å². The Balaban J connectivity index is 0.000000160. The number of nitrogens with zero attached hydrogens (tertiary/aromatic N) is 2. The van der Waals surface area contributed by atoms with Crippen molar-refractivity contribution >= 4 is 0 Å². The monoisotopic (exact) mass is 402 g/mol. The Kier molecular flexibility index (Phi) is 9.58. The molecule has 4 aliphatic heterocycles. The van der Waals surface area contributed by atoms with Gasteiger partial charge in [-0.3, -0.25) is 0 Å². The van der Waals surface area contributed by atoms with Gasteiger partial charge in [-0.25, -0.2) is 0 Å². The summed E-state index contributed by atoms with van der Waals surface area (Å²) in [6.07, 6.45) is 9.07. The highest BCUT2D eigenvalue weighted by Gasteiger charge is 2.50. The van der Waals surface area contributed by atoms with E-state index in [4.69, 9.17) is 38.6 Å². The van der Waals surface area contributed by atoms with Gasteiger partial charge in [-0.05, 0) is 31.1 Å². The minimum absolute atomic E-state index is 0.152. The zero-order valence-corrected chi connectivity index (χ0v) is 16.5. The van der Waals surface area contributed by atoms with Crippen molar-refractivity contribution in [1.29, 1.82) is 10.5 Å². The SMILES string of the molecule is C1=CC2(C3OCCO3)CCC1O2.C=CC#N.CC#N.c1coc(C2OCCO2)c1. The standard InChI is InChI=1S/C9H12O3.C7H8O3.C3H3N.C2H3N/c1-3-9(4-2-7(1)12-9)8-10-5-6-11-8;1-2-6(8-3-1)7-9-4-5-10-7;1-2-3-4;1-2-3/h1,3,7-8H,2,4-6H2;1-3,7H,4-5H2;2H,1H2;1H3. The molecule has 8 nitrogen and oxygen atoms in total. The number of hydrogen-bond donors (Lipinski definition) is 0. The van der Waals surface area contributed by atoms with Gasteiger partial charge in [0, 0.05) is 13.0 Å². The number of nitriles is 2. The Morgan fingerprint density at radius 2 is 1.76 bits per heavy atom. The quantitative estimate of drug-likeness (QED) is 0.547. The summed E-state index contributed by atoms with van der Waals surface area (Å²) in [5.41, 5.74) is -0.235. The molecule has 0 aromatic carbocycles. The molecule has 3 saturated heterocycles. The first-order chi connectivity index (χ1) is 14.2. The molecule has 3 fully saturated rings. The van der Waals surface area contributed by atoms with Crippen LogP contribution in [0.25, 0.3) is 0 Å². The van der Waals surface area contributed by atoms with Crippen molar-refractivity contribution in [2.75, 3.05) is 26.4 Å². The Bertz CT molecular complexity index is 709. The van der Waals surface area contributed by atoms with Gasteiger partial charge < -0.3 is 28.1 Å². The average Bonchev–Trinajstić information content (AvgIpc) is 3.58. The van der Waals surface area contributed by atoms with Crippen LogP contribution >= 0.6 is 0 Å². The number of hydrogen-bond acceptors (Lipinski definition) is 8. The van der Waals surface area contributed by atoms with Crippen molar-refractivity contribution in [1.82, 2.24) is 0 Å². The Morgan fingerprint density at radius 3 is 2.17 bits per heavy atom. The number of fused-ring (bicyclic) bond motifs is 2. The van der Waals surface area contributed by atoms with E-state index in [0.717, 1.165) is 18.6 Å². The molecule has 4 aliphatic rings. The van der Waals surface area contributed by atoms with Crippen LogP contribution in [0, 0.1) is 22.7 Å². The Morgan fingerprint density at radius 1 is 1.14 bits per heavy atom. The predicted molar refractivity (Wildman–Crippen MR) is 102 cm³/mol. The van der Waals surface area contributed by atoms with Crippen molar-refractivity contribution < 1.29 is 28.1 Å². The molecule has 5 rings (SSSR count). The van der Waals surface area contributed by atoms with E-state index in [1.807, 2.05) is 12.1 Å². The van der Waals surface area contributed by atoms with Gasteiger partial charge in [0.25, 0.3) is 0 Å². The van der Waals surface area contributed by atoms with Crippen molar-refractivity contribution in [2.24, 2.45) is 0 Å². The highest BCUT2D eigenvalue weighted by Crippen LogP contribution is 2.42. The summed E-state index contributed by atoms with van der Waals surface area (Å²) in [5, 5.41) is 14.8. The molecule has 0 radical (unpaired) electrons. The summed E-state index contributed by atoms with van der Waals surface area (Å²) in [4.78, 5) is 0. The summed E-state index contributed by atoms with van der Waals surface area (Å²) in [6, 6.07) is 7.11. The maximum atomic E-state index is 7.51. The summed E-state index contributed by atoms with van der Waals surface area (Å²) >= 11 is 0. The van der Waals surface area contributed by atoms with E-state index in [1.54, 1.807) is 18.4 Å². The highest BCUT2D eigenvalue weighted by atomic mass is 16.7. The van der Waals surface area contributed by atoms with Crippen LogP contribution in [0.4, 0.5) is 0 Å². The fraction of sp³-hybridized carbons (Fsp3) is 0.524. The van der Waals surface area contributed by atoms with E-state index in [2.05, 4.69) is 18.7 Å². The second kappa shape index (κ2) is 12.2. The van der Waals surface area contributed by atoms with Gasteiger partial charge in [-0.15, -0.1) is 0 Å². The summed E-state index contributed by atoms with van der Waals surface area (Å²) in [7, 11) is 0. The first-order valence-corrected chi connectivity index (χ1v) is 9.37. The molecule has 0 amide bonds. The van der Waals surface area contributed by atoms with Gasteiger partial charge in [0.05, 0.1) is 50.9 Å². The van der Waals surface area contributed by atoms with Gasteiger partial charge in [0.1, 0.15) is 5.60 Å². The normalized spacial score (nSPS) is 26.8. The number of rotatable bonds is 2. The van der Waals surface area contributed by atoms with Gasteiger partial charge in [0.2, 0.25) is 6.29 Å². The molecule has 2 bridgehead atoms. The number of allylic oxidation sites excluding steroid dienone is 1. The topological polar surface area (TPSA) is 107 Å². The lowest BCUT2D eigenvalue weighted by Gasteiger charge is -2.27. The van der Waals surface area contributed by atoms with Gasteiger partial charge in [-0.2, -0.15) is 10.5 Å². The molecule has 2 atom stereocenters. The molecular formula is C21H26N2O6. The predicted octanol–water partition coefficient (Wildman–Crippen LogP) is 3.40. The molecule has 156 valence electrons. The smallest absolute Gasteiger partial charge is 0.217 e. The molecule has 0 spiro atoms. The van der Waals surface area contributed by atoms with Gasteiger partial charge in [-0.1, -0.05) is 12.7 Å². The fourth-order valence-corrected chi connectivity index (χ4v) is 3.14. The van der Waals surface area contributed by atoms with Crippen molar-refractivity contribution in [3.8, 4) is 12.1 Å². The molecule has 0 aliphatic carbocycles. The minimum atomic E-state index is -0.269. The van der Waals surface area contributed by atoms with Crippen LogP contribution in [0.1, 0.15) is 31.8 Å². The van der Waals surface area contributed by atoms with Crippen LogP contribution in [0.3, 0.4) is 0 Å². The van der Waals surface area contributed by atoms with Crippen LogP contribution in [-0.2, 0) is 23.7 Å². The molecule has 29 heavy (non-hydrogen) atoms. The maximum Gasteiger partial charge on any atom is 0.217 e. The van der Waals surface area contributed by atoms with Crippen LogP contribution in [0.2, 0.25) is 0 Å². The second-order valence-corrected chi connectivity index (χ2v) is 6.23. The summed E-state index contributed by atoms with van der Waals surface area (Å²) in [5.74, 6) is 0.748. The lowest BCUT2D eigenvalue weighted by Crippen LogP contribution is -2.39. The Labute approximate surface area is 170 Å². The lowest BCUT2D eigenvalue weighted by atomic mass is 9.94. The van der Waals surface area contributed by atoms with Crippen molar-refractivity contribution in [3.05, 3.63) is 49.0 Å². The second-order valence-electron chi connectivity index (χ2n) is 6.23. The largest absolute Gasteiger partial charge is 0.464 e. The van der Waals surface area contributed by atoms with Gasteiger partial charge >= 0.3 is 0 Å². The molecule has 1 aromatic rings. The van der Waals surface area contributed by atoms with Crippen molar-refractivity contribution in [3.63, 3.8) is 0 Å². The van der Waals surface area contributed by atoms with Crippen LogP contribution in [0.5, 0.6) is 0 Å². The summed E-state index contributed by atoms with van der Waals surface area (Å²) in [6.45, 7) is 7.27. The summed E-state index contributed by atoms with van der Waals surface area (Å²) < 4.78 is 32.1. The number of furan rings is 1. The maximum absolute atomic E-state index is 7.51. The molecule has 8 heteroatoms. The average molecular weight is 402 g/mol. The zero-order valence-electron chi connectivity index (χ0n) is 16.5. The first kappa shape index (κ1) is 22.8. The van der Waals surface area contributed by atoms with E-state index in [-0.39, 0.29) is 18.2 Å². The highest BCUT2D eigenvalue weighted by molar-refractivity contribution is 5.18. The molecule has 0 N–H and O–H groups in total. The molecule has 5 heterocycles. The third-order valence-corrected chi connectivity index (χ3v) is 4.29. The van der Waals surface area contributed by atoms with Crippen LogP contribution in [0.15, 0.2) is 47.6 Å². The molecular weight excluding hydrogens is 376 g/mol. The first-order valence-electron chi connectivity index (χ1n) is 9.37. The third-order valence-electron chi connectivity index (χ3n) is 4.29. The fourth-order valence-electron chi connectivity index (χ4n) is 3.14. The Hall–Kier alpha value is -2.46. The van der Waals surface area contributed by atoms with E-state index in [1.165, 1.54) is 13.0 Å². The lowest BCUT2D eigenvalue weighted by molar-refractivity contribution is -0.164. The van der Waals surface area contributed by atoms with E-state index < -0.39 is 0 Å². The number of ether oxygens (including phenoxy) is 5.